The lowest BCUT2D eigenvalue weighted by Crippen LogP contribution is -2.23. The van der Waals surface area contributed by atoms with E-state index >= 15 is 0 Å². The van der Waals surface area contributed by atoms with Crippen molar-refractivity contribution in [2.45, 2.75) is 45.8 Å². The Balaban J connectivity index is 2.83. The van der Waals surface area contributed by atoms with Crippen LogP contribution in [0.1, 0.15) is 45.8 Å². The molecule has 0 heterocycles. The summed E-state index contributed by atoms with van der Waals surface area (Å²) < 4.78 is 5.73. The summed E-state index contributed by atoms with van der Waals surface area (Å²) in [6, 6.07) is 7.65. The van der Waals surface area contributed by atoms with Gasteiger partial charge in [-0.2, -0.15) is 0 Å². The third kappa shape index (κ3) is 3.92. The summed E-state index contributed by atoms with van der Waals surface area (Å²) in [6.45, 7) is 7.99. The molecule has 1 rings (SSSR count). The van der Waals surface area contributed by atoms with Crippen molar-refractivity contribution in [1.82, 2.24) is 0 Å². The maximum absolute atomic E-state index is 9.70. The first-order chi connectivity index (χ1) is 6.92. The van der Waals surface area contributed by atoms with Gasteiger partial charge in [0, 0.05) is 0 Å². The quantitative estimate of drug-likeness (QED) is 0.825. The van der Waals surface area contributed by atoms with E-state index in [1.165, 1.54) is 0 Å². The van der Waals surface area contributed by atoms with Crippen LogP contribution in [0.2, 0.25) is 0 Å². The number of aliphatic hydroxyl groups is 1. The molecule has 0 spiro atoms. The van der Waals surface area contributed by atoms with Crippen molar-refractivity contribution in [3.8, 4) is 5.75 Å². The number of hydrogen-bond donors (Lipinski definition) is 1. The van der Waals surface area contributed by atoms with Crippen LogP contribution in [-0.2, 0) is 0 Å². The molecule has 0 radical (unpaired) electrons. The predicted octanol–water partition coefficient (Wildman–Crippen LogP) is 3.31. The van der Waals surface area contributed by atoms with Crippen molar-refractivity contribution in [1.29, 1.82) is 0 Å². The summed E-state index contributed by atoms with van der Waals surface area (Å²) in [7, 11) is 0. The van der Waals surface area contributed by atoms with Crippen LogP contribution in [0.25, 0.3) is 0 Å². The smallest absolute Gasteiger partial charge is 0.120 e. The van der Waals surface area contributed by atoms with Gasteiger partial charge in [0.2, 0.25) is 0 Å². The van der Waals surface area contributed by atoms with E-state index in [2.05, 4.69) is 0 Å². The Labute approximate surface area is 91.9 Å². The molecule has 1 aromatic carbocycles. The highest BCUT2D eigenvalue weighted by Crippen LogP contribution is 2.23. The molecule has 1 unspecified atom stereocenters. The number of ether oxygens (including phenoxy) is 1. The molecule has 0 bridgehead atoms. The van der Waals surface area contributed by atoms with Gasteiger partial charge in [0.05, 0.1) is 6.10 Å². The Bertz CT molecular complexity index is 313. The van der Waals surface area contributed by atoms with E-state index in [-0.39, 0.29) is 5.60 Å². The first kappa shape index (κ1) is 12.1. The molecule has 1 N–H and O–H groups in total. The van der Waals surface area contributed by atoms with E-state index in [9.17, 15) is 5.11 Å². The fraction of sp³-hybridized carbons (Fsp3) is 0.538. The Morgan fingerprint density at radius 3 is 2.53 bits per heavy atom. The fourth-order valence-electron chi connectivity index (χ4n) is 1.37. The van der Waals surface area contributed by atoms with Crippen LogP contribution in [0, 0.1) is 0 Å². The molecule has 1 aromatic rings. The Morgan fingerprint density at radius 1 is 1.33 bits per heavy atom. The highest BCUT2D eigenvalue weighted by atomic mass is 16.5. The van der Waals surface area contributed by atoms with E-state index in [0.29, 0.717) is 0 Å². The van der Waals surface area contributed by atoms with Crippen LogP contribution in [0.3, 0.4) is 0 Å². The molecule has 0 aliphatic rings. The standard InChI is InChI=1S/C13H20O2/c1-5-12(14)10-7-6-8-11(9-10)15-13(2,3)4/h6-9,12,14H,5H2,1-4H3. The van der Waals surface area contributed by atoms with Gasteiger partial charge >= 0.3 is 0 Å². The molecule has 0 aliphatic heterocycles. The van der Waals surface area contributed by atoms with Gasteiger partial charge in [-0.05, 0) is 44.9 Å². The second-order valence-corrected chi connectivity index (χ2v) is 4.71. The lowest BCUT2D eigenvalue weighted by Gasteiger charge is -2.22. The second kappa shape index (κ2) is 4.67. The van der Waals surface area contributed by atoms with Crippen molar-refractivity contribution >= 4 is 0 Å². The van der Waals surface area contributed by atoms with Gasteiger partial charge in [-0.3, -0.25) is 0 Å². The molecule has 15 heavy (non-hydrogen) atoms. The van der Waals surface area contributed by atoms with E-state index in [1.807, 2.05) is 52.0 Å². The van der Waals surface area contributed by atoms with Gasteiger partial charge in [-0.25, -0.2) is 0 Å². The lowest BCUT2D eigenvalue weighted by atomic mass is 10.1. The molecule has 0 aromatic heterocycles. The Hall–Kier alpha value is -1.02. The van der Waals surface area contributed by atoms with Gasteiger partial charge in [-0.1, -0.05) is 19.1 Å². The van der Waals surface area contributed by atoms with Gasteiger partial charge in [0.1, 0.15) is 11.4 Å². The summed E-state index contributed by atoms with van der Waals surface area (Å²) in [5.74, 6) is 0.812. The lowest BCUT2D eigenvalue weighted by molar-refractivity contribution is 0.129. The number of rotatable bonds is 3. The first-order valence-corrected chi connectivity index (χ1v) is 5.39. The maximum Gasteiger partial charge on any atom is 0.120 e. The van der Waals surface area contributed by atoms with E-state index in [0.717, 1.165) is 17.7 Å². The van der Waals surface area contributed by atoms with Crippen LogP contribution in [0.4, 0.5) is 0 Å². The molecule has 1 atom stereocenters. The third-order valence-corrected chi connectivity index (χ3v) is 2.05. The van der Waals surface area contributed by atoms with Gasteiger partial charge in [0.15, 0.2) is 0 Å². The molecular weight excluding hydrogens is 188 g/mol. The minimum absolute atomic E-state index is 0.199. The van der Waals surface area contributed by atoms with Crippen LogP contribution in [0.15, 0.2) is 24.3 Å². The average molecular weight is 208 g/mol. The van der Waals surface area contributed by atoms with Gasteiger partial charge < -0.3 is 9.84 Å². The average Bonchev–Trinajstić information content (AvgIpc) is 2.14. The van der Waals surface area contributed by atoms with Gasteiger partial charge in [-0.15, -0.1) is 0 Å². The molecule has 0 amide bonds. The molecule has 0 saturated heterocycles. The summed E-state index contributed by atoms with van der Waals surface area (Å²) in [5.41, 5.74) is 0.717. The molecule has 2 heteroatoms. The zero-order chi connectivity index (χ0) is 11.5. The van der Waals surface area contributed by atoms with Crippen molar-refractivity contribution in [2.24, 2.45) is 0 Å². The van der Waals surface area contributed by atoms with Gasteiger partial charge in [0.25, 0.3) is 0 Å². The summed E-state index contributed by atoms with van der Waals surface area (Å²) in [6.07, 6.45) is 0.326. The number of aliphatic hydroxyl groups excluding tert-OH is 1. The van der Waals surface area contributed by atoms with E-state index in [4.69, 9.17) is 4.74 Å². The molecule has 0 fully saturated rings. The molecule has 0 aliphatic carbocycles. The van der Waals surface area contributed by atoms with Crippen LogP contribution >= 0.6 is 0 Å². The largest absolute Gasteiger partial charge is 0.488 e. The number of benzene rings is 1. The monoisotopic (exact) mass is 208 g/mol. The van der Waals surface area contributed by atoms with Crippen molar-refractivity contribution in [3.63, 3.8) is 0 Å². The minimum Gasteiger partial charge on any atom is -0.488 e. The normalized spacial score (nSPS) is 13.7. The minimum atomic E-state index is -0.395. The van der Waals surface area contributed by atoms with Crippen molar-refractivity contribution < 1.29 is 9.84 Å². The van der Waals surface area contributed by atoms with Crippen LogP contribution < -0.4 is 4.74 Å². The van der Waals surface area contributed by atoms with E-state index < -0.39 is 6.10 Å². The Morgan fingerprint density at radius 2 is 2.00 bits per heavy atom. The Kier molecular flexibility index (Phi) is 3.75. The highest BCUT2D eigenvalue weighted by molar-refractivity contribution is 5.30. The van der Waals surface area contributed by atoms with Crippen molar-refractivity contribution in [3.05, 3.63) is 29.8 Å². The maximum atomic E-state index is 9.70. The van der Waals surface area contributed by atoms with E-state index in [1.54, 1.807) is 0 Å². The highest BCUT2D eigenvalue weighted by Gasteiger charge is 2.12. The summed E-state index contributed by atoms with van der Waals surface area (Å²) in [5, 5.41) is 9.70. The summed E-state index contributed by atoms with van der Waals surface area (Å²) >= 11 is 0. The molecular formula is C13H20O2. The summed E-state index contributed by atoms with van der Waals surface area (Å²) in [4.78, 5) is 0. The van der Waals surface area contributed by atoms with Crippen LogP contribution in [0.5, 0.6) is 5.75 Å². The molecule has 0 saturated carbocycles. The zero-order valence-electron chi connectivity index (χ0n) is 9.95. The molecule has 2 nitrogen and oxygen atoms in total. The third-order valence-electron chi connectivity index (χ3n) is 2.05. The predicted molar refractivity (Wildman–Crippen MR) is 62.1 cm³/mol. The second-order valence-electron chi connectivity index (χ2n) is 4.71. The molecule has 84 valence electrons. The fourth-order valence-corrected chi connectivity index (χ4v) is 1.37. The van der Waals surface area contributed by atoms with Crippen LogP contribution in [-0.4, -0.2) is 10.7 Å². The zero-order valence-corrected chi connectivity index (χ0v) is 9.95. The van der Waals surface area contributed by atoms with Crippen molar-refractivity contribution in [2.75, 3.05) is 0 Å². The topological polar surface area (TPSA) is 29.5 Å². The number of hydrogen-bond acceptors (Lipinski definition) is 2. The SMILES string of the molecule is CCC(O)c1cccc(OC(C)(C)C)c1. The first-order valence-electron chi connectivity index (χ1n) is 5.39.